The van der Waals surface area contributed by atoms with Gasteiger partial charge in [-0.2, -0.15) is 17.9 Å². The molecule has 1 aromatic heterocycles. The van der Waals surface area contributed by atoms with E-state index in [-0.39, 0.29) is 17.1 Å². The summed E-state index contributed by atoms with van der Waals surface area (Å²) in [5, 5.41) is 10.2. The molecule has 0 bridgehead atoms. The number of carbonyl (C=O) groups excluding carboxylic acids is 2. The van der Waals surface area contributed by atoms with Gasteiger partial charge in [0.05, 0.1) is 24.8 Å². The van der Waals surface area contributed by atoms with Crippen molar-refractivity contribution in [1.82, 2.24) is 20.2 Å². The van der Waals surface area contributed by atoms with Crippen molar-refractivity contribution in [3.63, 3.8) is 0 Å². The SMILES string of the molecule is COc1ccc(-n2nnnc2CC(=O)C(F)(F)F)cc1C=O. The molecule has 0 N–H and O–H groups in total. The monoisotopic (exact) mass is 314 g/mol. The Morgan fingerprint density at radius 2 is 2.14 bits per heavy atom. The van der Waals surface area contributed by atoms with Crippen LogP contribution in [0.5, 0.6) is 5.75 Å². The molecule has 0 amide bonds. The van der Waals surface area contributed by atoms with Crippen LogP contribution in [0, 0.1) is 0 Å². The van der Waals surface area contributed by atoms with Crippen LogP contribution in [-0.4, -0.2) is 45.6 Å². The number of ketones is 1. The molecule has 0 unspecified atom stereocenters. The van der Waals surface area contributed by atoms with Crippen LogP contribution in [0.3, 0.4) is 0 Å². The summed E-state index contributed by atoms with van der Waals surface area (Å²) in [6.45, 7) is 0. The maximum atomic E-state index is 12.3. The Labute approximate surface area is 121 Å². The van der Waals surface area contributed by atoms with Crippen LogP contribution in [0.4, 0.5) is 13.2 Å². The highest BCUT2D eigenvalue weighted by Gasteiger charge is 2.39. The maximum Gasteiger partial charge on any atom is 0.450 e. The Kier molecular flexibility index (Phi) is 4.20. The van der Waals surface area contributed by atoms with E-state index in [0.29, 0.717) is 12.0 Å². The van der Waals surface area contributed by atoms with E-state index >= 15 is 0 Å². The second kappa shape index (κ2) is 5.92. The minimum atomic E-state index is -4.97. The van der Waals surface area contributed by atoms with Crippen molar-refractivity contribution in [2.45, 2.75) is 12.6 Å². The van der Waals surface area contributed by atoms with Gasteiger partial charge in [0.25, 0.3) is 0 Å². The van der Waals surface area contributed by atoms with Gasteiger partial charge in [0.1, 0.15) is 5.75 Å². The minimum absolute atomic E-state index is 0.170. The summed E-state index contributed by atoms with van der Waals surface area (Å²) >= 11 is 0. The van der Waals surface area contributed by atoms with Crippen molar-refractivity contribution in [3.8, 4) is 11.4 Å². The van der Waals surface area contributed by atoms with Crippen LogP contribution in [0.1, 0.15) is 16.2 Å². The lowest BCUT2D eigenvalue weighted by Crippen LogP contribution is -2.26. The number of nitrogens with zero attached hydrogens (tertiary/aromatic N) is 4. The molecule has 7 nitrogen and oxygen atoms in total. The highest BCUT2D eigenvalue weighted by Crippen LogP contribution is 2.22. The Bertz CT molecular complexity index is 712. The normalized spacial score (nSPS) is 11.3. The fourth-order valence-electron chi connectivity index (χ4n) is 1.71. The Morgan fingerprint density at radius 3 is 2.73 bits per heavy atom. The van der Waals surface area contributed by atoms with Gasteiger partial charge >= 0.3 is 6.18 Å². The quantitative estimate of drug-likeness (QED) is 0.770. The van der Waals surface area contributed by atoms with Crippen LogP contribution in [-0.2, 0) is 11.2 Å². The standard InChI is InChI=1S/C12H9F3N4O3/c1-22-9-3-2-8(4-7(9)6-20)19-11(16-17-18-19)5-10(21)12(13,14)15/h2-4,6H,5H2,1H3. The predicted octanol–water partition coefficient (Wildman–Crippen LogP) is 1.16. The van der Waals surface area contributed by atoms with Crippen molar-refractivity contribution >= 4 is 12.1 Å². The van der Waals surface area contributed by atoms with Gasteiger partial charge in [-0.3, -0.25) is 9.59 Å². The van der Waals surface area contributed by atoms with E-state index in [1.165, 1.54) is 25.3 Å². The van der Waals surface area contributed by atoms with Crippen molar-refractivity contribution in [1.29, 1.82) is 0 Å². The van der Waals surface area contributed by atoms with E-state index in [1.807, 2.05) is 0 Å². The summed E-state index contributed by atoms with van der Waals surface area (Å²) in [7, 11) is 1.37. The number of alkyl halides is 3. The third kappa shape index (κ3) is 3.10. The molecule has 0 aliphatic rings. The molecule has 0 saturated carbocycles. The van der Waals surface area contributed by atoms with Crippen molar-refractivity contribution < 1.29 is 27.5 Å². The number of ether oxygens (including phenoxy) is 1. The second-order valence-corrected chi connectivity index (χ2v) is 4.15. The van der Waals surface area contributed by atoms with E-state index in [4.69, 9.17) is 4.74 Å². The van der Waals surface area contributed by atoms with Crippen molar-refractivity contribution in [2.24, 2.45) is 0 Å². The molecule has 1 aromatic carbocycles. The molecule has 10 heteroatoms. The largest absolute Gasteiger partial charge is 0.496 e. The first kappa shape index (κ1) is 15.6. The average molecular weight is 314 g/mol. The Hall–Kier alpha value is -2.78. The number of Topliss-reactive ketones (excluding diaryl/α,β-unsaturated/α-hetero) is 1. The summed E-state index contributed by atoms with van der Waals surface area (Å²) in [5.74, 6) is -1.96. The number of rotatable bonds is 5. The number of benzene rings is 1. The molecule has 116 valence electrons. The third-order valence-electron chi connectivity index (χ3n) is 2.75. The molecule has 2 aromatic rings. The van der Waals surface area contributed by atoms with Crippen molar-refractivity contribution in [3.05, 3.63) is 29.6 Å². The first-order valence-corrected chi connectivity index (χ1v) is 5.87. The Morgan fingerprint density at radius 1 is 1.41 bits per heavy atom. The van der Waals surface area contributed by atoms with E-state index < -0.39 is 18.4 Å². The second-order valence-electron chi connectivity index (χ2n) is 4.15. The molecule has 0 atom stereocenters. The molecule has 2 rings (SSSR count). The van der Waals surface area contributed by atoms with Gasteiger partial charge in [-0.1, -0.05) is 0 Å². The summed E-state index contributed by atoms with van der Waals surface area (Å²) in [5.41, 5.74) is 0.404. The Balaban J connectivity index is 2.37. The molecule has 0 spiro atoms. The summed E-state index contributed by atoms with van der Waals surface area (Å²) in [6.07, 6.45) is -5.45. The smallest absolute Gasteiger partial charge is 0.450 e. The molecular formula is C12H9F3N4O3. The van der Waals surface area contributed by atoms with E-state index in [2.05, 4.69) is 15.5 Å². The van der Waals surface area contributed by atoms with Gasteiger partial charge in [0.2, 0.25) is 5.78 Å². The summed E-state index contributed by atoms with van der Waals surface area (Å²) in [4.78, 5) is 22.0. The zero-order valence-corrected chi connectivity index (χ0v) is 11.2. The predicted molar refractivity (Wildman–Crippen MR) is 65.9 cm³/mol. The number of tetrazole rings is 1. The fourth-order valence-corrected chi connectivity index (χ4v) is 1.71. The lowest BCUT2D eigenvalue weighted by atomic mass is 10.2. The van der Waals surface area contributed by atoms with Gasteiger partial charge in [0, 0.05) is 0 Å². The molecule has 0 aliphatic heterocycles. The van der Waals surface area contributed by atoms with E-state index in [9.17, 15) is 22.8 Å². The van der Waals surface area contributed by atoms with Crippen LogP contribution in [0.25, 0.3) is 5.69 Å². The van der Waals surface area contributed by atoms with Gasteiger partial charge in [-0.25, -0.2) is 0 Å². The first-order valence-electron chi connectivity index (χ1n) is 5.87. The molecule has 0 radical (unpaired) electrons. The summed E-state index contributed by atoms with van der Waals surface area (Å²) in [6, 6.07) is 4.23. The summed E-state index contributed by atoms with van der Waals surface area (Å²) < 4.78 is 42.8. The van der Waals surface area contributed by atoms with E-state index in [0.717, 1.165) is 4.68 Å². The van der Waals surface area contributed by atoms with Gasteiger partial charge in [-0.15, -0.1) is 5.10 Å². The number of methoxy groups -OCH3 is 1. The van der Waals surface area contributed by atoms with Gasteiger partial charge in [0.15, 0.2) is 12.1 Å². The number of aromatic nitrogens is 4. The molecule has 1 heterocycles. The highest BCUT2D eigenvalue weighted by molar-refractivity contribution is 5.85. The molecule has 0 saturated heterocycles. The van der Waals surface area contributed by atoms with E-state index in [1.54, 1.807) is 0 Å². The maximum absolute atomic E-state index is 12.3. The lowest BCUT2D eigenvalue weighted by molar-refractivity contribution is -0.170. The lowest BCUT2D eigenvalue weighted by Gasteiger charge is -2.08. The van der Waals surface area contributed by atoms with Crippen LogP contribution in [0.15, 0.2) is 18.2 Å². The zero-order chi connectivity index (χ0) is 16.3. The molecule has 22 heavy (non-hydrogen) atoms. The zero-order valence-electron chi connectivity index (χ0n) is 11.2. The van der Waals surface area contributed by atoms with Gasteiger partial charge in [-0.05, 0) is 28.6 Å². The van der Waals surface area contributed by atoms with Crippen LogP contribution in [0.2, 0.25) is 0 Å². The number of halogens is 3. The average Bonchev–Trinajstić information content (AvgIpc) is 2.93. The van der Waals surface area contributed by atoms with Gasteiger partial charge < -0.3 is 4.74 Å². The number of hydrogen-bond acceptors (Lipinski definition) is 6. The third-order valence-corrected chi connectivity index (χ3v) is 2.75. The van der Waals surface area contributed by atoms with Crippen molar-refractivity contribution in [2.75, 3.05) is 7.11 Å². The van der Waals surface area contributed by atoms with Crippen LogP contribution < -0.4 is 4.74 Å². The topological polar surface area (TPSA) is 87.0 Å². The first-order chi connectivity index (χ1) is 10.4. The number of aldehydes is 1. The van der Waals surface area contributed by atoms with Crippen LogP contribution >= 0.6 is 0 Å². The minimum Gasteiger partial charge on any atom is -0.496 e. The number of carbonyl (C=O) groups is 2. The molecule has 0 aliphatic carbocycles. The fraction of sp³-hybridized carbons (Fsp3) is 0.250. The highest BCUT2D eigenvalue weighted by atomic mass is 19.4. The molecule has 0 fully saturated rings. The molecular weight excluding hydrogens is 305 g/mol. The number of hydrogen-bond donors (Lipinski definition) is 0.